The van der Waals surface area contributed by atoms with Crippen LogP contribution in [0.2, 0.25) is 0 Å². The van der Waals surface area contributed by atoms with E-state index in [1.165, 1.54) is 6.42 Å². The quantitative estimate of drug-likeness (QED) is 0.582. The molecule has 156 valence electrons. The number of rotatable bonds is 3. The van der Waals surface area contributed by atoms with Gasteiger partial charge in [0.1, 0.15) is 0 Å². The molecule has 0 atom stereocenters. The summed E-state index contributed by atoms with van der Waals surface area (Å²) < 4.78 is 0. The van der Waals surface area contributed by atoms with Gasteiger partial charge in [0.2, 0.25) is 0 Å². The highest BCUT2D eigenvalue weighted by Gasteiger charge is 2.45. The number of fused-ring (bicyclic) bond motifs is 2. The summed E-state index contributed by atoms with van der Waals surface area (Å²) in [4.78, 5) is 27.0. The normalized spacial score (nSPS) is 16.8. The average Bonchev–Trinajstić information content (AvgIpc) is 3.13. The number of amides is 1. The molecule has 3 aromatic rings. The van der Waals surface area contributed by atoms with Gasteiger partial charge < -0.3 is 10.0 Å². The predicted octanol–water partition coefficient (Wildman–Crippen LogP) is 5.91. The highest BCUT2D eigenvalue weighted by Crippen LogP contribution is 2.49. The molecule has 4 heteroatoms. The van der Waals surface area contributed by atoms with Gasteiger partial charge in [-0.1, -0.05) is 61.7 Å². The van der Waals surface area contributed by atoms with E-state index in [2.05, 4.69) is 12.1 Å². The minimum atomic E-state index is -0.921. The molecule has 5 rings (SSSR count). The Balaban J connectivity index is 1.49. The Morgan fingerprint density at radius 1 is 0.774 bits per heavy atom. The third kappa shape index (κ3) is 3.42. The van der Waals surface area contributed by atoms with Crippen molar-refractivity contribution in [3.8, 4) is 11.1 Å². The van der Waals surface area contributed by atoms with E-state index in [0.717, 1.165) is 48.1 Å². The van der Waals surface area contributed by atoms with Crippen molar-refractivity contribution in [2.75, 3.05) is 11.4 Å². The number of anilines is 1. The van der Waals surface area contributed by atoms with E-state index in [1.54, 1.807) is 12.1 Å². The molecule has 0 bridgehead atoms. The SMILES string of the molecule is O=C(O)c1ccc2c(c1)C1(CCCCC1)CN2C(=O)c1ccc(-c2ccccc2)cc1. The van der Waals surface area contributed by atoms with Gasteiger partial charge in [-0.05, 0) is 59.9 Å². The van der Waals surface area contributed by atoms with E-state index >= 15 is 0 Å². The van der Waals surface area contributed by atoms with Crippen LogP contribution in [-0.4, -0.2) is 23.5 Å². The number of aromatic carboxylic acids is 1. The van der Waals surface area contributed by atoms with Crippen LogP contribution in [0.3, 0.4) is 0 Å². The molecule has 1 saturated carbocycles. The summed E-state index contributed by atoms with van der Waals surface area (Å²) in [5.74, 6) is -0.943. The van der Waals surface area contributed by atoms with Crippen LogP contribution >= 0.6 is 0 Å². The Morgan fingerprint density at radius 2 is 1.42 bits per heavy atom. The van der Waals surface area contributed by atoms with Crippen LogP contribution in [0.15, 0.2) is 72.8 Å². The van der Waals surface area contributed by atoms with Crippen LogP contribution in [0.1, 0.15) is 58.4 Å². The fraction of sp³-hybridized carbons (Fsp3) is 0.259. The zero-order valence-corrected chi connectivity index (χ0v) is 17.4. The van der Waals surface area contributed by atoms with Crippen LogP contribution in [0.5, 0.6) is 0 Å². The van der Waals surface area contributed by atoms with Crippen molar-refractivity contribution in [1.29, 1.82) is 0 Å². The molecule has 31 heavy (non-hydrogen) atoms. The van der Waals surface area contributed by atoms with E-state index in [4.69, 9.17) is 0 Å². The molecule has 0 unspecified atom stereocenters. The first-order valence-electron chi connectivity index (χ1n) is 10.9. The first-order valence-corrected chi connectivity index (χ1v) is 10.9. The van der Waals surface area contributed by atoms with Gasteiger partial charge in [-0.25, -0.2) is 4.79 Å². The van der Waals surface area contributed by atoms with Crippen molar-refractivity contribution in [3.05, 3.63) is 89.5 Å². The minimum Gasteiger partial charge on any atom is -0.478 e. The van der Waals surface area contributed by atoms with Gasteiger partial charge in [0.25, 0.3) is 5.91 Å². The molecule has 1 spiro atoms. The second kappa shape index (κ2) is 7.69. The smallest absolute Gasteiger partial charge is 0.335 e. The molecule has 1 aliphatic heterocycles. The monoisotopic (exact) mass is 411 g/mol. The third-order valence-corrected chi connectivity index (χ3v) is 6.86. The molecule has 0 aromatic heterocycles. The van der Waals surface area contributed by atoms with Crippen molar-refractivity contribution < 1.29 is 14.7 Å². The van der Waals surface area contributed by atoms with Crippen LogP contribution in [-0.2, 0) is 5.41 Å². The molecule has 1 N–H and O–H groups in total. The third-order valence-electron chi connectivity index (χ3n) is 6.86. The standard InChI is InChI=1S/C27H25NO3/c29-25(21-11-9-20(10-12-21)19-7-3-1-4-8-19)28-18-27(15-5-2-6-16-27)23-17-22(26(30)31)13-14-24(23)28/h1,3-4,7-14,17H,2,5-6,15-16,18H2,(H,30,31). The number of nitrogens with zero attached hydrogens (tertiary/aromatic N) is 1. The van der Waals surface area contributed by atoms with E-state index in [0.29, 0.717) is 17.7 Å². The molecule has 1 aliphatic carbocycles. The zero-order chi connectivity index (χ0) is 21.4. The maximum atomic E-state index is 13.5. The number of hydrogen-bond acceptors (Lipinski definition) is 2. The second-order valence-electron chi connectivity index (χ2n) is 8.71. The van der Waals surface area contributed by atoms with Crippen molar-refractivity contribution in [2.24, 2.45) is 0 Å². The number of benzene rings is 3. The van der Waals surface area contributed by atoms with Crippen LogP contribution in [0, 0.1) is 0 Å². The van der Waals surface area contributed by atoms with Crippen molar-refractivity contribution in [2.45, 2.75) is 37.5 Å². The van der Waals surface area contributed by atoms with E-state index in [-0.39, 0.29) is 11.3 Å². The number of carboxylic acid groups (broad SMARTS) is 1. The average molecular weight is 412 g/mol. The number of hydrogen-bond donors (Lipinski definition) is 1. The molecule has 1 fully saturated rings. The summed E-state index contributed by atoms with van der Waals surface area (Å²) >= 11 is 0. The summed E-state index contributed by atoms with van der Waals surface area (Å²) in [6, 6.07) is 23.1. The highest BCUT2D eigenvalue weighted by atomic mass is 16.4. The Labute approximate surface area is 182 Å². The van der Waals surface area contributed by atoms with E-state index < -0.39 is 5.97 Å². The lowest BCUT2D eigenvalue weighted by Crippen LogP contribution is -2.38. The second-order valence-corrected chi connectivity index (χ2v) is 8.71. The van der Waals surface area contributed by atoms with Gasteiger partial charge >= 0.3 is 5.97 Å². The topological polar surface area (TPSA) is 57.6 Å². The number of carboxylic acids is 1. The van der Waals surface area contributed by atoms with Crippen molar-refractivity contribution in [1.82, 2.24) is 0 Å². The molecule has 1 heterocycles. The molecule has 1 amide bonds. The van der Waals surface area contributed by atoms with Gasteiger partial charge in [0.05, 0.1) is 5.56 Å². The Kier molecular flexibility index (Phi) is 4.85. The van der Waals surface area contributed by atoms with Gasteiger partial charge in [-0.15, -0.1) is 0 Å². The largest absolute Gasteiger partial charge is 0.478 e. The molecule has 4 nitrogen and oxygen atoms in total. The Hall–Kier alpha value is -3.40. The van der Waals surface area contributed by atoms with E-state index in [9.17, 15) is 14.7 Å². The molecular weight excluding hydrogens is 386 g/mol. The highest BCUT2D eigenvalue weighted by molar-refractivity contribution is 6.08. The van der Waals surface area contributed by atoms with Crippen molar-refractivity contribution in [3.63, 3.8) is 0 Å². The Morgan fingerprint density at radius 3 is 2.10 bits per heavy atom. The zero-order valence-electron chi connectivity index (χ0n) is 17.4. The maximum absolute atomic E-state index is 13.5. The fourth-order valence-electron chi connectivity index (χ4n) is 5.23. The fourth-order valence-corrected chi connectivity index (χ4v) is 5.23. The first-order chi connectivity index (χ1) is 15.1. The van der Waals surface area contributed by atoms with Gasteiger partial charge in [-0.3, -0.25) is 4.79 Å². The van der Waals surface area contributed by atoms with Crippen LogP contribution in [0.25, 0.3) is 11.1 Å². The summed E-state index contributed by atoms with van der Waals surface area (Å²) in [5, 5.41) is 9.50. The molecule has 0 radical (unpaired) electrons. The molecule has 2 aliphatic rings. The molecule has 0 saturated heterocycles. The van der Waals surface area contributed by atoms with Crippen LogP contribution < -0.4 is 4.90 Å². The summed E-state index contributed by atoms with van der Waals surface area (Å²) in [6.45, 7) is 0.630. The molecule has 3 aromatic carbocycles. The summed E-state index contributed by atoms with van der Waals surface area (Å²) in [6.07, 6.45) is 5.43. The molecular formula is C27H25NO3. The van der Waals surface area contributed by atoms with Gasteiger partial charge in [0, 0.05) is 23.2 Å². The summed E-state index contributed by atoms with van der Waals surface area (Å²) in [5.41, 5.74) is 4.92. The maximum Gasteiger partial charge on any atom is 0.335 e. The lowest BCUT2D eigenvalue weighted by molar-refractivity contribution is 0.0696. The van der Waals surface area contributed by atoms with Gasteiger partial charge in [0.15, 0.2) is 0 Å². The Bertz CT molecular complexity index is 1130. The minimum absolute atomic E-state index is 0.0219. The lowest BCUT2D eigenvalue weighted by Gasteiger charge is -2.34. The number of carbonyl (C=O) groups excluding carboxylic acids is 1. The number of carbonyl (C=O) groups is 2. The predicted molar refractivity (Wildman–Crippen MR) is 122 cm³/mol. The summed E-state index contributed by atoms with van der Waals surface area (Å²) in [7, 11) is 0. The lowest BCUT2D eigenvalue weighted by atomic mass is 9.70. The van der Waals surface area contributed by atoms with Gasteiger partial charge in [-0.2, -0.15) is 0 Å². The van der Waals surface area contributed by atoms with E-state index in [1.807, 2.05) is 53.4 Å². The van der Waals surface area contributed by atoms with Crippen molar-refractivity contribution >= 4 is 17.6 Å². The first kappa shape index (κ1) is 19.6. The van der Waals surface area contributed by atoms with Crippen LogP contribution in [0.4, 0.5) is 5.69 Å².